The molecule has 0 spiro atoms. The van der Waals surface area contributed by atoms with Crippen molar-refractivity contribution in [2.45, 2.75) is 12.5 Å². The predicted molar refractivity (Wildman–Crippen MR) is 114 cm³/mol. The van der Waals surface area contributed by atoms with E-state index in [1.54, 1.807) is 0 Å². The van der Waals surface area contributed by atoms with Gasteiger partial charge in [-0.25, -0.2) is 4.42 Å². The van der Waals surface area contributed by atoms with Crippen LogP contribution in [0.2, 0.25) is 0 Å². The number of hydrogen-bond acceptors (Lipinski definition) is 2. The summed E-state index contributed by atoms with van der Waals surface area (Å²) in [6, 6.07) is 2.27. The van der Waals surface area contributed by atoms with Gasteiger partial charge in [-0.05, 0) is 35.9 Å². The van der Waals surface area contributed by atoms with E-state index in [1.807, 2.05) is 0 Å². The fourth-order valence-corrected chi connectivity index (χ4v) is 5.22. The molecule has 0 saturated carbocycles. The Morgan fingerprint density at radius 3 is 2.89 bits per heavy atom. The highest BCUT2D eigenvalue weighted by molar-refractivity contribution is 5.76. The third-order valence-corrected chi connectivity index (χ3v) is 6.35. The summed E-state index contributed by atoms with van der Waals surface area (Å²) in [6.45, 7) is 1.95. The third kappa shape index (κ3) is 1.81. The van der Waals surface area contributed by atoms with E-state index in [-0.39, 0.29) is 6.10 Å². The first kappa shape index (κ1) is 14.7. The van der Waals surface area contributed by atoms with Gasteiger partial charge in [0.15, 0.2) is 0 Å². The number of hydrogen-bond donors (Lipinski definition) is 0. The van der Waals surface area contributed by atoms with Crippen LogP contribution in [0.4, 0.5) is 5.69 Å². The molecule has 0 fully saturated rings. The maximum Gasteiger partial charge on any atom is 0.357 e. The van der Waals surface area contributed by atoms with E-state index in [1.165, 1.54) is 44.4 Å². The van der Waals surface area contributed by atoms with Crippen molar-refractivity contribution >= 4 is 17.8 Å². The number of nitrogens with zero attached hydrogens (tertiary/aromatic N) is 2. The van der Waals surface area contributed by atoms with Crippen LogP contribution < -0.4 is 15.5 Å². The average Bonchev–Trinajstić information content (AvgIpc) is 2.74. The first-order valence-electron chi connectivity index (χ1n) is 9.96. The summed E-state index contributed by atoms with van der Waals surface area (Å²) in [4.78, 5) is 4.66. The van der Waals surface area contributed by atoms with E-state index in [4.69, 9.17) is 4.42 Å². The van der Waals surface area contributed by atoms with Crippen LogP contribution in [0.25, 0.3) is 12.2 Å². The summed E-state index contributed by atoms with van der Waals surface area (Å²) < 4.78 is 6.77. The molecule has 0 aromatic heterocycles. The van der Waals surface area contributed by atoms with Crippen LogP contribution in [0.3, 0.4) is 0 Å². The lowest BCUT2D eigenvalue weighted by Gasteiger charge is -2.36. The standard InChI is InChI=1S/C25H19N2O/c1-5-16-13-18-15-19-14-17-6-2-10-27-12-4-8-21(23(17)27)25(19)28-24(18)20-7-3-11-26(9-1)22(16)20/h1-7,10,12-15,24H,8-9,11H2/q+1. The third-order valence-electron chi connectivity index (χ3n) is 6.35. The second kappa shape index (κ2) is 5.14. The zero-order chi connectivity index (χ0) is 18.2. The zero-order valence-corrected chi connectivity index (χ0v) is 15.4. The average molecular weight is 363 g/mol. The normalized spacial score (nSPS) is 24.5. The SMILES string of the molecule is C1=CN2C=CCc3c2c(cc2c3=[O+]C3C(=C2)C=C2C=CCN4CC=CC3=C24)=C1. The first-order valence-corrected chi connectivity index (χ1v) is 9.96. The van der Waals surface area contributed by atoms with Gasteiger partial charge >= 0.3 is 11.5 Å². The quantitative estimate of drug-likeness (QED) is 0.660. The largest absolute Gasteiger partial charge is 0.363 e. The molecule has 0 bridgehead atoms. The molecule has 1 atom stereocenters. The molecule has 5 aliphatic heterocycles. The number of fused-ring (bicyclic) bond motifs is 4. The van der Waals surface area contributed by atoms with Crippen LogP contribution in [-0.2, 0) is 6.42 Å². The van der Waals surface area contributed by atoms with Gasteiger partial charge < -0.3 is 9.80 Å². The van der Waals surface area contributed by atoms with Crippen LogP contribution in [0.15, 0.2) is 87.8 Å². The fourth-order valence-electron chi connectivity index (χ4n) is 5.22. The minimum atomic E-state index is -0.0198. The molecule has 5 heterocycles. The summed E-state index contributed by atoms with van der Waals surface area (Å²) in [5.41, 5.74) is 10.0. The molecule has 1 aromatic carbocycles. The van der Waals surface area contributed by atoms with E-state index < -0.39 is 0 Å². The molecule has 6 aliphatic rings. The lowest BCUT2D eigenvalue weighted by molar-refractivity contribution is 0.411. The van der Waals surface area contributed by atoms with Gasteiger partial charge in [0.05, 0.1) is 33.7 Å². The van der Waals surface area contributed by atoms with Crippen molar-refractivity contribution in [2.75, 3.05) is 18.0 Å². The summed E-state index contributed by atoms with van der Waals surface area (Å²) in [7, 11) is 0. The summed E-state index contributed by atoms with van der Waals surface area (Å²) in [6.07, 6.45) is 25.4. The van der Waals surface area contributed by atoms with Crippen molar-refractivity contribution in [3.63, 3.8) is 0 Å². The molecule has 1 aromatic rings. The Bertz CT molecular complexity index is 1300. The van der Waals surface area contributed by atoms with E-state index in [0.29, 0.717) is 0 Å². The topological polar surface area (TPSA) is 17.8 Å². The second-order valence-electron chi connectivity index (χ2n) is 7.97. The van der Waals surface area contributed by atoms with Crippen LogP contribution in [-0.4, -0.2) is 24.1 Å². The fraction of sp³-hybridized carbons (Fsp3) is 0.160. The maximum atomic E-state index is 6.77. The zero-order valence-electron chi connectivity index (χ0n) is 15.4. The van der Waals surface area contributed by atoms with Crippen molar-refractivity contribution < 1.29 is 0 Å². The molecule has 3 nitrogen and oxygen atoms in total. The highest BCUT2D eigenvalue weighted by Gasteiger charge is 2.40. The van der Waals surface area contributed by atoms with Crippen LogP contribution in [0.5, 0.6) is 0 Å². The molecular weight excluding hydrogens is 344 g/mol. The van der Waals surface area contributed by atoms with Gasteiger partial charge in [-0.15, -0.1) is 0 Å². The summed E-state index contributed by atoms with van der Waals surface area (Å²) in [5.74, 6) is 0. The molecule has 134 valence electrons. The second-order valence-corrected chi connectivity index (χ2v) is 7.97. The number of rotatable bonds is 0. The Kier molecular flexibility index (Phi) is 2.69. The van der Waals surface area contributed by atoms with Gasteiger partial charge in [0.25, 0.3) is 0 Å². The molecule has 1 unspecified atom stereocenters. The Balaban J connectivity index is 1.53. The highest BCUT2D eigenvalue weighted by Crippen LogP contribution is 2.39. The van der Waals surface area contributed by atoms with Crippen LogP contribution in [0, 0.1) is 0 Å². The van der Waals surface area contributed by atoms with Gasteiger partial charge in [-0.2, -0.15) is 0 Å². The van der Waals surface area contributed by atoms with Gasteiger partial charge in [0.1, 0.15) is 0 Å². The monoisotopic (exact) mass is 363 g/mol. The van der Waals surface area contributed by atoms with E-state index in [0.717, 1.165) is 24.9 Å². The summed E-state index contributed by atoms with van der Waals surface area (Å²) >= 11 is 0. The van der Waals surface area contributed by atoms with Crippen molar-refractivity contribution in [1.82, 2.24) is 4.90 Å². The van der Waals surface area contributed by atoms with Crippen LogP contribution in [0.1, 0.15) is 11.1 Å². The Morgan fingerprint density at radius 1 is 1.00 bits per heavy atom. The number of benzene rings is 1. The van der Waals surface area contributed by atoms with Crippen LogP contribution >= 0.6 is 0 Å². The molecule has 28 heavy (non-hydrogen) atoms. The molecular formula is C25H19N2O+. The minimum Gasteiger partial charge on any atom is -0.363 e. The minimum absolute atomic E-state index is 0.0198. The Hall–Kier alpha value is -3.33. The lowest BCUT2D eigenvalue weighted by Crippen LogP contribution is -2.37. The molecule has 0 N–H and O–H groups in total. The van der Waals surface area contributed by atoms with Crippen molar-refractivity contribution in [2.24, 2.45) is 0 Å². The van der Waals surface area contributed by atoms with Gasteiger partial charge in [-0.3, -0.25) is 0 Å². The summed E-state index contributed by atoms with van der Waals surface area (Å²) in [5, 5.41) is 1.27. The number of allylic oxidation sites excluding steroid dienone is 3. The van der Waals surface area contributed by atoms with E-state index in [9.17, 15) is 0 Å². The first-order chi connectivity index (χ1) is 13.9. The smallest absolute Gasteiger partial charge is 0.357 e. The van der Waals surface area contributed by atoms with E-state index in [2.05, 4.69) is 83.0 Å². The predicted octanol–water partition coefficient (Wildman–Crippen LogP) is 2.89. The molecule has 7 rings (SSSR count). The molecule has 3 heteroatoms. The van der Waals surface area contributed by atoms with Crippen molar-refractivity contribution in [1.29, 1.82) is 0 Å². The van der Waals surface area contributed by atoms with E-state index >= 15 is 0 Å². The van der Waals surface area contributed by atoms with Gasteiger partial charge in [0.2, 0.25) is 0 Å². The molecule has 1 aliphatic carbocycles. The molecule has 0 radical (unpaired) electrons. The van der Waals surface area contributed by atoms with Crippen molar-refractivity contribution in [3.8, 4) is 0 Å². The van der Waals surface area contributed by atoms with Gasteiger partial charge in [-0.1, -0.05) is 30.4 Å². The lowest BCUT2D eigenvalue weighted by atomic mass is 9.83. The Morgan fingerprint density at radius 2 is 1.93 bits per heavy atom. The molecule has 0 saturated heterocycles. The van der Waals surface area contributed by atoms with Gasteiger partial charge in [0, 0.05) is 37.1 Å². The maximum absolute atomic E-state index is 6.77. The Labute approximate surface area is 163 Å². The van der Waals surface area contributed by atoms with Crippen molar-refractivity contribution in [3.05, 3.63) is 110 Å². The number of anilines is 1. The highest BCUT2D eigenvalue weighted by atomic mass is 16.4. The molecule has 0 amide bonds.